The van der Waals surface area contributed by atoms with Gasteiger partial charge in [-0.1, -0.05) is 55.8 Å². The molecule has 0 saturated carbocycles. The number of ether oxygens (including phenoxy) is 1. The van der Waals surface area contributed by atoms with Gasteiger partial charge in [-0.05, 0) is 49.9 Å². The van der Waals surface area contributed by atoms with Crippen LogP contribution in [0.1, 0.15) is 49.4 Å². The first-order chi connectivity index (χ1) is 11.5. The zero-order valence-electron chi connectivity index (χ0n) is 15.0. The first-order valence-corrected chi connectivity index (χ1v) is 8.64. The van der Waals surface area contributed by atoms with Gasteiger partial charge in [-0.3, -0.25) is 4.79 Å². The number of hydrogen-bond acceptors (Lipinski definition) is 2. The normalized spacial score (nSPS) is 13.2. The summed E-state index contributed by atoms with van der Waals surface area (Å²) in [6, 6.07) is 15.9. The summed E-state index contributed by atoms with van der Waals surface area (Å²) in [5, 5.41) is 3.15. The molecule has 1 amide bonds. The van der Waals surface area contributed by atoms with Gasteiger partial charge in [-0.2, -0.15) is 0 Å². The summed E-state index contributed by atoms with van der Waals surface area (Å²) >= 11 is 0. The number of nitrogens with one attached hydrogen (secondary N) is 1. The van der Waals surface area contributed by atoms with Crippen molar-refractivity contribution in [2.45, 2.75) is 52.7 Å². The smallest absolute Gasteiger partial charge is 0.261 e. The van der Waals surface area contributed by atoms with Crippen molar-refractivity contribution >= 4 is 5.91 Å². The van der Waals surface area contributed by atoms with Gasteiger partial charge >= 0.3 is 0 Å². The highest BCUT2D eigenvalue weighted by Gasteiger charge is 2.22. The van der Waals surface area contributed by atoms with Crippen molar-refractivity contribution in [3.63, 3.8) is 0 Å². The van der Waals surface area contributed by atoms with E-state index < -0.39 is 6.10 Å². The van der Waals surface area contributed by atoms with E-state index in [0.717, 1.165) is 12.2 Å². The number of benzene rings is 2. The number of carbonyl (C=O) groups is 1. The number of hydrogen-bond donors (Lipinski definition) is 1. The predicted octanol–water partition coefficient (Wildman–Crippen LogP) is 4.73. The maximum absolute atomic E-state index is 12.7. The van der Waals surface area contributed by atoms with Crippen LogP contribution in [0.2, 0.25) is 0 Å². The molecule has 24 heavy (non-hydrogen) atoms. The molecule has 0 radical (unpaired) electrons. The second-order valence-electron chi connectivity index (χ2n) is 6.16. The Hall–Kier alpha value is -2.29. The van der Waals surface area contributed by atoms with Crippen LogP contribution in [0.25, 0.3) is 0 Å². The van der Waals surface area contributed by atoms with Crippen LogP contribution in [0.3, 0.4) is 0 Å². The van der Waals surface area contributed by atoms with Crippen molar-refractivity contribution in [3.05, 3.63) is 65.2 Å². The second-order valence-corrected chi connectivity index (χ2v) is 6.16. The molecule has 0 bridgehead atoms. The van der Waals surface area contributed by atoms with E-state index >= 15 is 0 Å². The van der Waals surface area contributed by atoms with Crippen LogP contribution < -0.4 is 10.1 Å². The first-order valence-electron chi connectivity index (χ1n) is 8.64. The summed E-state index contributed by atoms with van der Waals surface area (Å²) in [5.41, 5.74) is 3.61. The van der Waals surface area contributed by atoms with Crippen molar-refractivity contribution < 1.29 is 9.53 Å². The fraction of sp³-hybridized carbons (Fsp3) is 0.381. The lowest BCUT2D eigenvalue weighted by molar-refractivity contribution is -0.128. The molecule has 0 saturated heterocycles. The monoisotopic (exact) mass is 325 g/mol. The SMILES string of the molecule is CC[C@H](Oc1ccccc1)C(=O)N[C@H](CC)c1ccc(C)cc1C. The molecule has 0 aliphatic rings. The molecule has 0 aromatic heterocycles. The minimum Gasteiger partial charge on any atom is -0.481 e. The number of para-hydroxylation sites is 1. The number of aryl methyl sites for hydroxylation is 2. The quantitative estimate of drug-likeness (QED) is 0.799. The van der Waals surface area contributed by atoms with Crippen LogP contribution in [0.5, 0.6) is 5.75 Å². The van der Waals surface area contributed by atoms with E-state index in [2.05, 4.69) is 44.3 Å². The molecule has 2 rings (SSSR count). The molecule has 128 valence electrons. The van der Waals surface area contributed by atoms with E-state index in [1.54, 1.807) is 0 Å². The van der Waals surface area contributed by atoms with E-state index in [0.29, 0.717) is 6.42 Å². The Morgan fingerprint density at radius 3 is 2.33 bits per heavy atom. The van der Waals surface area contributed by atoms with Gasteiger partial charge in [0.1, 0.15) is 5.75 Å². The molecule has 2 aromatic carbocycles. The molecule has 0 aliphatic carbocycles. The Morgan fingerprint density at radius 1 is 1.04 bits per heavy atom. The largest absolute Gasteiger partial charge is 0.481 e. The van der Waals surface area contributed by atoms with Gasteiger partial charge in [-0.15, -0.1) is 0 Å². The summed E-state index contributed by atoms with van der Waals surface area (Å²) in [7, 11) is 0. The van der Waals surface area contributed by atoms with Crippen LogP contribution in [0.15, 0.2) is 48.5 Å². The second kappa shape index (κ2) is 8.53. The molecule has 1 N–H and O–H groups in total. The highest BCUT2D eigenvalue weighted by atomic mass is 16.5. The minimum atomic E-state index is -0.479. The first kappa shape index (κ1) is 18.1. The summed E-state index contributed by atoms with van der Waals surface area (Å²) in [4.78, 5) is 12.7. The zero-order chi connectivity index (χ0) is 17.5. The lowest BCUT2D eigenvalue weighted by Gasteiger charge is -2.23. The van der Waals surface area contributed by atoms with Crippen LogP contribution in [0, 0.1) is 13.8 Å². The molecule has 3 heteroatoms. The fourth-order valence-electron chi connectivity index (χ4n) is 2.87. The molecule has 0 spiro atoms. The molecular weight excluding hydrogens is 298 g/mol. The zero-order valence-corrected chi connectivity index (χ0v) is 15.0. The Morgan fingerprint density at radius 2 is 1.75 bits per heavy atom. The molecule has 2 atom stereocenters. The third-order valence-electron chi connectivity index (χ3n) is 4.21. The van der Waals surface area contributed by atoms with Gasteiger partial charge in [0.25, 0.3) is 5.91 Å². The van der Waals surface area contributed by atoms with Crippen molar-refractivity contribution in [2.75, 3.05) is 0 Å². The fourth-order valence-corrected chi connectivity index (χ4v) is 2.87. The Labute approximate surface area is 145 Å². The van der Waals surface area contributed by atoms with Gasteiger partial charge in [0, 0.05) is 0 Å². The maximum Gasteiger partial charge on any atom is 0.261 e. The van der Waals surface area contributed by atoms with Crippen LogP contribution >= 0.6 is 0 Å². The predicted molar refractivity (Wildman–Crippen MR) is 98.2 cm³/mol. The Kier molecular flexibility index (Phi) is 6.42. The molecule has 0 heterocycles. The van der Waals surface area contributed by atoms with E-state index in [-0.39, 0.29) is 11.9 Å². The van der Waals surface area contributed by atoms with E-state index in [4.69, 9.17) is 4.74 Å². The number of rotatable bonds is 7. The summed E-state index contributed by atoms with van der Waals surface area (Å²) in [6.45, 7) is 8.22. The third kappa shape index (κ3) is 4.60. The summed E-state index contributed by atoms with van der Waals surface area (Å²) < 4.78 is 5.84. The molecular formula is C21H27NO2. The standard InChI is InChI=1S/C21H27NO2/c1-5-19(18-13-12-15(3)14-16(18)4)22-21(23)20(6-2)24-17-10-8-7-9-11-17/h7-14,19-20H,5-6H2,1-4H3,(H,22,23)/t19-,20+/m1/s1. The van der Waals surface area contributed by atoms with E-state index in [1.165, 1.54) is 16.7 Å². The molecule has 0 aliphatic heterocycles. The van der Waals surface area contributed by atoms with Crippen molar-refractivity contribution in [1.82, 2.24) is 5.32 Å². The summed E-state index contributed by atoms with van der Waals surface area (Å²) in [6.07, 6.45) is 0.994. The highest BCUT2D eigenvalue weighted by Crippen LogP contribution is 2.22. The van der Waals surface area contributed by atoms with E-state index in [1.807, 2.05) is 37.3 Å². The van der Waals surface area contributed by atoms with Crippen LogP contribution in [-0.4, -0.2) is 12.0 Å². The lowest BCUT2D eigenvalue weighted by Crippen LogP contribution is -2.40. The summed E-state index contributed by atoms with van der Waals surface area (Å²) in [5.74, 6) is 0.659. The van der Waals surface area contributed by atoms with Gasteiger partial charge in [0.15, 0.2) is 6.10 Å². The van der Waals surface area contributed by atoms with Gasteiger partial charge in [0.2, 0.25) is 0 Å². The van der Waals surface area contributed by atoms with Gasteiger partial charge in [-0.25, -0.2) is 0 Å². The topological polar surface area (TPSA) is 38.3 Å². The minimum absolute atomic E-state index is 0.00604. The lowest BCUT2D eigenvalue weighted by atomic mass is 9.97. The maximum atomic E-state index is 12.7. The van der Waals surface area contributed by atoms with Gasteiger partial charge in [0.05, 0.1) is 6.04 Å². The Bertz CT molecular complexity index is 667. The third-order valence-corrected chi connectivity index (χ3v) is 4.21. The van der Waals surface area contributed by atoms with Gasteiger partial charge < -0.3 is 10.1 Å². The van der Waals surface area contributed by atoms with Crippen LogP contribution in [-0.2, 0) is 4.79 Å². The molecule has 3 nitrogen and oxygen atoms in total. The van der Waals surface area contributed by atoms with E-state index in [9.17, 15) is 4.79 Å². The van der Waals surface area contributed by atoms with Crippen molar-refractivity contribution in [1.29, 1.82) is 0 Å². The number of amides is 1. The Balaban J connectivity index is 2.09. The average Bonchev–Trinajstić information content (AvgIpc) is 2.58. The number of carbonyl (C=O) groups excluding carboxylic acids is 1. The average molecular weight is 325 g/mol. The molecule has 0 fully saturated rings. The van der Waals surface area contributed by atoms with Crippen molar-refractivity contribution in [3.8, 4) is 5.75 Å². The molecule has 2 aromatic rings. The van der Waals surface area contributed by atoms with Crippen molar-refractivity contribution in [2.24, 2.45) is 0 Å². The molecule has 0 unspecified atom stereocenters. The van der Waals surface area contributed by atoms with Crippen LogP contribution in [0.4, 0.5) is 0 Å². The highest BCUT2D eigenvalue weighted by molar-refractivity contribution is 5.81.